The number of aromatic nitrogens is 5. The van der Waals surface area contributed by atoms with E-state index in [-0.39, 0.29) is 18.7 Å². The molecule has 8 nitrogen and oxygen atoms in total. The highest BCUT2D eigenvalue weighted by Crippen LogP contribution is 2.22. The van der Waals surface area contributed by atoms with Crippen molar-refractivity contribution < 1.29 is 8.78 Å². The van der Waals surface area contributed by atoms with Crippen molar-refractivity contribution in [3.8, 4) is 16.9 Å². The zero-order valence-electron chi connectivity index (χ0n) is 16.3. The van der Waals surface area contributed by atoms with E-state index in [4.69, 9.17) is 5.73 Å². The number of anilines is 1. The van der Waals surface area contributed by atoms with Crippen molar-refractivity contribution >= 4 is 5.82 Å². The predicted molar refractivity (Wildman–Crippen MR) is 106 cm³/mol. The summed E-state index contributed by atoms with van der Waals surface area (Å²) in [6, 6.07) is 5.72. The van der Waals surface area contributed by atoms with Gasteiger partial charge in [0.15, 0.2) is 0 Å². The second-order valence-electron chi connectivity index (χ2n) is 6.67. The fraction of sp³-hybridized carbons (Fsp3) is 0.263. The molecule has 0 atom stereocenters. The van der Waals surface area contributed by atoms with Gasteiger partial charge in [-0.2, -0.15) is 13.9 Å². The van der Waals surface area contributed by atoms with Gasteiger partial charge in [0.05, 0.1) is 6.54 Å². The van der Waals surface area contributed by atoms with Crippen LogP contribution in [0.5, 0.6) is 0 Å². The van der Waals surface area contributed by atoms with E-state index < -0.39 is 11.8 Å². The van der Waals surface area contributed by atoms with Crippen LogP contribution in [-0.4, -0.2) is 45.0 Å². The van der Waals surface area contributed by atoms with Crippen LogP contribution in [0.15, 0.2) is 53.4 Å². The second-order valence-corrected chi connectivity index (χ2v) is 6.67. The summed E-state index contributed by atoms with van der Waals surface area (Å²) < 4.78 is 27.8. The molecule has 10 heteroatoms. The Hall–Kier alpha value is -3.40. The molecule has 3 rings (SSSR count). The number of halogens is 2. The molecule has 0 aliphatic rings. The Kier molecular flexibility index (Phi) is 5.83. The molecule has 152 valence electrons. The van der Waals surface area contributed by atoms with Gasteiger partial charge < -0.3 is 10.6 Å². The number of nitrogens with zero attached hydrogens (tertiary/aromatic N) is 6. The van der Waals surface area contributed by atoms with Crippen LogP contribution in [0.4, 0.5) is 14.6 Å². The van der Waals surface area contributed by atoms with Gasteiger partial charge in [0.25, 0.3) is 6.08 Å². The van der Waals surface area contributed by atoms with Crippen molar-refractivity contribution in [3.05, 3.63) is 64.6 Å². The minimum absolute atomic E-state index is 0.342. The quantitative estimate of drug-likeness (QED) is 0.679. The minimum Gasteiger partial charge on any atom is -0.363 e. The van der Waals surface area contributed by atoms with E-state index >= 15 is 0 Å². The average Bonchev–Trinajstić information content (AvgIpc) is 3.05. The van der Waals surface area contributed by atoms with Gasteiger partial charge in [-0.3, -0.25) is 0 Å². The van der Waals surface area contributed by atoms with Crippen LogP contribution in [0.1, 0.15) is 5.56 Å². The molecule has 0 aromatic carbocycles. The third-order valence-electron chi connectivity index (χ3n) is 4.41. The normalized spacial score (nSPS) is 10.8. The molecule has 0 saturated heterocycles. The topological polar surface area (TPSA) is 94.9 Å². The van der Waals surface area contributed by atoms with Crippen molar-refractivity contribution in [1.29, 1.82) is 0 Å². The Morgan fingerprint density at radius 1 is 1.17 bits per heavy atom. The maximum absolute atomic E-state index is 12.8. The van der Waals surface area contributed by atoms with Crippen LogP contribution in [0.2, 0.25) is 0 Å². The minimum atomic E-state index is -1.90. The molecule has 0 amide bonds. The van der Waals surface area contributed by atoms with Gasteiger partial charge in [0, 0.05) is 49.7 Å². The first kappa shape index (κ1) is 20.3. The molecule has 3 heterocycles. The lowest BCUT2D eigenvalue weighted by molar-refractivity contribution is 0.400. The number of pyridine rings is 2. The summed E-state index contributed by atoms with van der Waals surface area (Å²) in [5.74, 6) is 1.21. The maximum Gasteiger partial charge on any atom is 0.351 e. The zero-order valence-corrected chi connectivity index (χ0v) is 16.3. The van der Waals surface area contributed by atoms with Gasteiger partial charge in [0.2, 0.25) is 0 Å². The standard InChI is InChI=1S/C19H21F2N7O/c1-12-6-14(13-4-5-16(23-8-13)26(2)3)9-24-18(12)27-11-25-28(19(27)29)10-15(7-22)17(20)21/h4-6,8-9,11H,7,10,22H2,1-3H3. The van der Waals surface area contributed by atoms with E-state index in [0.717, 1.165) is 27.2 Å². The van der Waals surface area contributed by atoms with Crippen LogP contribution in [0.25, 0.3) is 16.9 Å². The van der Waals surface area contributed by atoms with Crippen molar-refractivity contribution in [2.75, 3.05) is 25.5 Å². The van der Waals surface area contributed by atoms with E-state index in [1.807, 2.05) is 44.1 Å². The molecule has 29 heavy (non-hydrogen) atoms. The summed E-state index contributed by atoms with van der Waals surface area (Å²) in [6.07, 6.45) is 2.74. The fourth-order valence-electron chi connectivity index (χ4n) is 2.77. The number of nitrogens with two attached hydrogens (primary N) is 1. The molecule has 0 aliphatic carbocycles. The number of aryl methyl sites for hydroxylation is 1. The number of rotatable bonds is 6. The van der Waals surface area contributed by atoms with Crippen molar-refractivity contribution in [3.63, 3.8) is 0 Å². The summed E-state index contributed by atoms with van der Waals surface area (Å²) >= 11 is 0. The van der Waals surface area contributed by atoms with Crippen LogP contribution in [-0.2, 0) is 6.54 Å². The van der Waals surface area contributed by atoms with Crippen molar-refractivity contribution in [2.45, 2.75) is 13.5 Å². The maximum atomic E-state index is 12.8. The summed E-state index contributed by atoms with van der Waals surface area (Å²) in [6.45, 7) is 1.09. The van der Waals surface area contributed by atoms with Gasteiger partial charge in [-0.1, -0.05) is 0 Å². The highest BCUT2D eigenvalue weighted by molar-refractivity contribution is 5.64. The lowest BCUT2D eigenvalue weighted by Gasteiger charge is -2.12. The predicted octanol–water partition coefficient (Wildman–Crippen LogP) is 1.97. The largest absolute Gasteiger partial charge is 0.363 e. The second kappa shape index (κ2) is 8.31. The van der Waals surface area contributed by atoms with Crippen LogP contribution in [0, 0.1) is 6.92 Å². The first-order valence-corrected chi connectivity index (χ1v) is 8.80. The zero-order chi connectivity index (χ0) is 21.1. The summed E-state index contributed by atoms with van der Waals surface area (Å²) in [5.41, 5.74) is 6.85. The molecule has 3 aromatic heterocycles. The molecular weight excluding hydrogens is 380 g/mol. The Morgan fingerprint density at radius 2 is 1.90 bits per heavy atom. The molecule has 0 spiro atoms. The van der Waals surface area contributed by atoms with Crippen molar-refractivity contribution in [1.82, 2.24) is 24.3 Å². The van der Waals surface area contributed by atoms with Gasteiger partial charge in [-0.15, -0.1) is 0 Å². The van der Waals surface area contributed by atoms with Crippen LogP contribution in [0.3, 0.4) is 0 Å². The van der Waals surface area contributed by atoms with Gasteiger partial charge in [0.1, 0.15) is 18.0 Å². The molecule has 3 aromatic rings. The van der Waals surface area contributed by atoms with E-state index in [0.29, 0.717) is 5.82 Å². The van der Waals surface area contributed by atoms with E-state index in [9.17, 15) is 13.6 Å². The molecule has 0 aliphatic heterocycles. The summed E-state index contributed by atoms with van der Waals surface area (Å²) in [4.78, 5) is 23.2. The van der Waals surface area contributed by atoms with E-state index in [1.165, 1.54) is 10.9 Å². The van der Waals surface area contributed by atoms with E-state index in [1.54, 1.807) is 12.4 Å². The molecule has 2 N–H and O–H groups in total. The highest BCUT2D eigenvalue weighted by Gasteiger charge is 2.14. The summed E-state index contributed by atoms with van der Waals surface area (Å²) in [7, 11) is 3.82. The smallest absolute Gasteiger partial charge is 0.351 e. The van der Waals surface area contributed by atoms with E-state index in [2.05, 4.69) is 15.1 Å². The third-order valence-corrected chi connectivity index (χ3v) is 4.41. The number of hydrogen-bond donors (Lipinski definition) is 1. The van der Waals surface area contributed by atoms with Gasteiger partial charge >= 0.3 is 5.69 Å². The van der Waals surface area contributed by atoms with Gasteiger partial charge in [-0.25, -0.2) is 24.0 Å². The molecule has 0 radical (unpaired) electrons. The molecule has 0 unspecified atom stereocenters. The average molecular weight is 401 g/mol. The molecular formula is C19H21F2N7O. The number of hydrogen-bond acceptors (Lipinski definition) is 6. The molecule has 0 fully saturated rings. The monoisotopic (exact) mass is 401 g/mol. The first-order chi connectivity index (χ1) is 13.8. The SMILES string of the molecule is Cc1cc(-c2ccc(N(C)C)nc2)cnc1-n1cnn(CC(CN)=C(F)F)c1=O. The Labute approximate surface area is 165 Å². The van der Waals surface area contributed by atoms with Gasteiger partial charge in [-0.05, 0) is 30.7 Å². The Bertz CT molecular complexity index is 1100. The molecule has 0 bridgehead atoms. The summed E-state index contributed by atoms with van der Waals surface area (Å²) in [5, 5.41) is 3.90. The molecule has 0 saturated carbocycles. The Morgan fingerprint density at radius 3 is 2.45 bits per heavy atom. The van der Waals surface area contributed by atoms with Crippen LogP contribution < -0.4 is 16.3 Å². The van der Waals surface area contributed by atoms with Crippen LogP contribution >= 0.6 is 0 Å². The highest BCUT2D eigenvalue weighted by atomic mass is 19.3. The lowest BCUT2D eigenvalue weighted by atomic mass is 10.1. The lowest BCUT2D eigenvalue weighted by Crippen LogP contribution is -2.27. The third kappa shape index (κ3) is 4.21. The fourth-order valence-corrected chi connectivity index (χ4v) is 2.77. The first-order valence-electron chi connectivity index (χ1n) is 8.80. The Balaban J connectivity index is 1.91. The van der Waals surface area contributed by atoms with Crippen molar-refractivity contribution in [2.24, 2.45) is 5.73 Å².